The van der Waals surface area contributed by atoms with E-state index in [0.717, 1.165) is 0 Å². The van der Waals surface area contributed by atoms with Gasteiger partial charge >= 0.3 is 0 Å². The van der Waals surface area contributed by atoms with E-state index in [4.69, 9.17) is 0 Å². The first-order chi connectivity index (χ1) is 6.70. The van der Waals surface area contributed by atoms with Crippen molar-refractivity contribution in [3.8, 4) is 0 Å². The van der Waals surface area contributed by atoms with Crippen LogP contribution in [0, 0.1) is 0 Å². The molecular formula is C12H30N2Si. The second-order valence-corrected chi connectivity index (χ2v) is 9.49. The van der Waals surface area contributed by atoms with Crippen molar-refractivity contribution in [2.45, 2.75) is 77.8 Å². The molecule has 0 fully saturated rings. The molecule has 0 bridgehead atoms. The molecule has 2 N–H and O–H groups in total. The lowest BCUT2D eigenvalue weighted by molar-refractivity contribution is 0.387. The number of rotatable bonds is 6. The highest BCUT2D eigenvalue weighted by molar-refractivity contribution is 6.39. The van der Waals surface area contributed by atoms with Crippen LogP contribution in [0.4, 0.5) is 0 Å². The SMILES string of the molecule is CC(C)NC(C[SiH2]C(C)(C)C)NC(C)C. The second-order valence-electron chi connectivity index (χ2n) is 6.29. The van der Waals surface area contributed by atoms with Crippen LogP contribution in [-0.2, 0) is 0 Å². The lowest BCUT2D eigenvalue weighted by Crippen LogP contribution is -2.49. The van der Waals surface area contributed by atoms with Crippen LogP contribution < -0.4 is 10.6 Å². The van der Waals surface area contributed by atoms with Crippen LogP contribution in [0.25, 0.3) is 0 Å². The lowest BCUT2D eigenvalue weighted by atomic mass is 10.2. The van der Waals surface area contributed by atoms with E-state index in [-0.39, 0.29) is 9.52 Å². The molecule has 0 aromatic heterocycles. The molecule has 0 saturated carbocycles. The minimum atomic E-state index is -0.00873. The Labute approximate surface area is 98.4 Å². The van der Waals surface area contributed by atoms with Crippen molar-refractivity contribution >= 4 is 9.52 Å². The fourth-order valence-electron chi connectivity index (χ4n) is 1.60. The van der Waals surface area contributed by atoms with Gasteiger partial charge in [-0.3, -0.25) is 10.6 Å². The van der Waals surface area contributed by atoms with Crippen LogP contribution in [-0.4, -0.2) is 27.8 Å². The molecule has 0 rings (SSSR count). The van der Waals surface area contributed by atoms with Gasteiger partial charge in [0.1, 0.15) is 0 Å². The average molecular weight is 230 g/mol. The third-order valence-electron chi connectivity index (χ3n) is 2.25. The highest BCUT2D eigenvalue weighted by atomic mass is 28.2. The van der Waals surface area contributed by atoms with Crippen LogP contribution >= 0.6 is 0 Å². The first-order valence-electron chi connectivity index (χ1n) is 6.23. The minimum Gasteiger partial charge on any atom is -0.300 e. The van der Waals surface area contributed by atoms with E-state index in [0.29, 0.717) is 23.3 Å². The van der Waals surface area contributed by atoms with Crippen LogP contribution in [0.2, 0.25) is 11.1 Å². The predicted molar refractivity (Wildman–Crippen MR) is 73.4 cm³/mol. The second kappa shape index (κ2) is 6.66. The summed E-state index contributed by atoms with van der Waals surface area (Å²) >= 11 is 0. The summed E-state index contributed by atoms with van der Waals surface area (Å²) in [5.41, 5.74) is 0. The van der Waals surface area contributed by atoms with Crippen molar-refractivity contribution in [1.29, 1.82) is 0 Å². The zero-order chi connectivity index (χ0) is 12.1. The zero-order valence-corrected chi connectivity index (χ0v) is 13.1. The Kier molecular flexibility index (Phi) is 6.72. The van der Waals surface area contributed by atoms with Gasteiger partial charge in [0.05, 0.1) is 6.17 Å². The van der Waals surface area contributed by atoms with Crippen LogP contribution in [0.5, 0.6) is 0 Å². The molecule has 0 unspecified atom stereocenters. The van der Waals surface area contributed by atoms with Crippen molar-refractivity contribution in [2.75, 3.05) is 0 Å². The molecule has 0 atom stereocenters. The Hall–Kier alpha value is 0.137. The van der Waals surface area contributed by atoms with E-state index in [2.05, 4.69) is 59.1 Å². The van der Waals surface area contributed by atoms with E-state index >= 15 is 0 Å². The van der Waals surface area contributed by atoms with Crippen molar-refractivity contribution in [2.24, 2.45) is 0 Å². The Morgan fingerprint density at radius 2 is 1.33 bits per heavy atom. The van der Waals surface area contributed by atoms with Gasteiger partial charge in [0.2, 0.25) is 0 Å². The molecule has 15 heavy (non-hydrogen) atoms. The maximum absolute atomic E-state index is 3.61. The summed E-state index contributed by atoms with van der Waals surface area (Å²) < 4.78 is 0. The Bertz CT molecular complexity index is 151. The Morgan fingerprint density at radius 1 is 0.933 bits per heavy atom. The van der Waals surface area contributed by atoms with Crippen LogP contribution in [0.15, 0.2) is 0 Å². The topological polar surface area (TPSA) is 24.1 Å². The lowest BCUT2D eigenvalue weighted by Gasteiger charge is -2.27. The minimum absolute atomic E-state index is 0.00873. The van der Waals surface area contributed by atoms with Gasteiger partial charge < -0.3 is 0 Å². The molecule has 2 nitrogen and oxygen atoms in total. The van der Waals surface area contributed by atoms with Gasteiger partial charge in [0.25, 0.3) is 0 Å². The zero-order valence-electron chi connectivity index (χ0n) is 11.6. The van der Waals surface area contributed by atoms with Gasteiger partial charge in [0.15, 0.2) is 0 Å². The van der Waals surface area contributed by atoms with E-state index in [1.165, 1.54) is 6.04 Å². The molecular weight excluding hydrogens is 200 g/mol. The van der Waals surface area contributed by atoms with E-state index in [9.17, 15) is 0 Å². The normalized spacial score (nSPS) is 14.0. The first kappa shape index (κ1) is 15.1. The molecule has 0 amide bonds. The van der Waals surface area contributed by atoms with Gasteiger partial charge in [0, 0.05) is 21.6 Å². The fraction of sp³-hybridized carbons (Fsp3) is 1.00. The number of nitrogens with one attached hydrogen (secondary N) is 2. The molecule has 0 aliphatic carbocycles. The summed E-state index contributed by atoms with van der Waals surface area (Å²) in [7, 11) is -0.00873. The third kappa shape index (κ3) is 10.4. The van der Waals surface area contributed by atoms with Crippen LogP contribution in [0.1, 0.15) is 48.5 Å². The summed E-state index contributed by atoms with van der Waals surface area (Å²) in [6.07, 6.45) is 0.510. The molecule has 0 aromatic rings. The van der Waals surface area contributed by atoms with Crippen molar-refractivity contribution in [3.05, 3.63) is 0 Å². The first-order valence-corrected chi connectivity index (χ1v) is 7.93. The van der Waals surface area contributed by atoms with Gasteiger partial charge in [-0.1, -0.05) is 20.8 Å². The molecule has 0 aromatic carbocycles. The summed E-state index contributed by atoms with van der Waals surface area (Å²) in [6.45, 7) is 16.0. The molecule has 0 heterocycles. The van der Waals surface area contributed by atoms with Crippen molar-refractivity contribution in [1.82, 2.24) is 10.6 Å². The van der Waals surface area contributed by atoms with Gasteiger partial charge in [-0.15, -0.1) is 0 Å². The largest absolute Gasteiger partial charge is 0.300 e. The van der Waals surface area contributed by atoms with Gasteiger partial charge in [-0.2, -0.15) is 0 Å². The summed E-state index contributed by atoms with van der Waals surface area (Å²) in [4.78, 5) is 0. The molecule has 0 aliphatic heterocycles. The molecule has 0 spiro atoms. The fourth-order valence-corrected chi connectivity index (χ4v) is 3.08. The number of hydrogen-bond acceptors (Lipinski definition) is 2. The van der Waals surface area contributed by atoms with E-state index < -0.39 is 0 Å². The average Bonchev–Trinajstić information content (AvgIpc) is 1.96. The summed E-state index contributed by atoms with van der Waals surface area (Å²) in [6, 6.07) is 2.46. The predicted octanol–water partition coefficient (Wildman–Crippen LogP) is 2.11. The summed E-state index contributed by atoms with van der Waals surface area (Å²) in [5.74, 6) is 0. The van der Waals surface area contributed by atoms with Gasteiger partial charge in [-0.05, 0) is 38.8 Å². The summed E-state index contributed by atoms with van der Waals surface area (Å²) in [5, 5.41) is 7.78. The molecule has 0 radical (unpaired) electrons. The van der Waals surface area contributed by atoms with Gasteiger partial charge in [-0.25, -0.2) is 0 Å². The molecule has 0 aliphatic rings. The maximum Gasteiger partial charge on any atom is 0.0546 e. The smallest absolute Gasteiger partial charge is 0.0546 e. The standard InChI is InChI=1S/C12H30N2Si/c1-9(2)13-11(14-10(3)4)8-15-12(5,6)7/h9-11,13-14H,8,15H2,1-7H3. The molecule has 0 saturated heterocycles. The maximum atomic E-state index is 3.61. The van der Waals surface area contributed by atoms with Crippen LogP contribution in [0.3, 0.4) is 0 Å². The third-order valence-corrected chi connectivity index (χ3v) is 4.62. The van der Waals surface area contributed by atoms with Crippen molar-refractivity contribution in [3.63, 3.8) is 0 Å². The van der Waals surface area contributed by atoms with E-state index in [1.54, 1.807) is 0 Å². The highest BCUT2D eigenvalue weighted by Gasteiger charge is 2.16. The van der Waals surface area contributed by atoms with E-state index in [1.807, 2.05) is 0 Å². The monoisotopic (exact) mass is 230 g/mol. The Balaban J connectivity index is 4.01. The number of hydrogen-bond donors (Lipinski definition) is 2. The molecule has 3 heteroatoms. The Morgan fingerprint density at radius 3 is 1.60 bits per heavy atom. The quantitative estimate of drug-likeness (QED) is 0.539. The highest BCUT2D eigenvalue weighted by Crippen LogP contribution is 2.21. The molecule has 92 valence electrons. The van der Waals surface area contributed by atoms with Crippen molar-refractivity contribution < 1.29 is 0 Å².